The van der Waals surface area contributed by atoms with Gasteiger partial charge in [0.25, 0.3) is 0 Å². The molecule has 1 N–H and O–H groups in total. The van der Waals surface area contributed by atoms with Gasteiger partial charge < -0.3 is 9.67 Å². The van der Waals surface area contributed by atoms with Crippen LogP contribution in [0.3, 0.4) is 0 Å². The second-order valence-electron chi connectivity index (χ2n) is 5.58. The molecule has 3 rings (SSSR count). The molecule has 0 radical (unpaired) electrons. The number of aliphatic hydroxyl groups excluding tert-OH is 1. The first-order valence-electron chi connectivity index (χ1n) is 7.66. The molecule has 1 fully saturated rings. The maximum Gasteiger partial charge on any atom is 0.124 e. The highest BCUT2D eigenvalue weighted by atomic mass is 16.3. The van der Waals surface area contributed by atoms with Crippen LogP contribution in [-0.4, -0.2) is 39.3 Å². The zero-order valence-corrected chi connectivity index (χ0v) is 12.0. The van der Waals surface area contributed by atoms with E-state index < -0.39 is 0 Å². The smallest absolute Gasteiger partial charge is 0.124 e. The second-order valence-corrected chi connectivity index (χ2v) is 5.58. The standard InChI is InChI=1S/C16H23N3O/c20-12-11-19-15-8-4-3-7-14(15)17-16(19)13-18-9-5-1-2-6-10-18/h3-4,7-8,20H,1-2,5-6,9-13H2. The lowest BCUT2D eigenvalue weighted by Crippen LogP contribution is -2.26. The molecule has 2 heterocycles. The molecular formula is C16H23N3O. The van der Waals surface area contributed by atoms with Crippen molar-refractivity contribution in [3.05, 3.63) is 30.1 Å². The summed E-state index contributed by atoms with van der Waals surface area (Å²) in [5.74, 6) is 1.09. The average Bonchev–Trinajstić information content (AvgIpc) is 2.64. The fraction of sp³-hybridized carbons (Fsp3) is 0.562. The van der Waals surface area contributed by atoms with E-state index in [1.807, 2.05) is 12.1 Å². The van der Waals surface area contributed by atoms with E-state index in [0.717, 1.165) is 23.4 Å². The van der Waals surface area contributed by atoms with Gasteiger partial charge in [0, 0.05) is 6.54 Å². The highest BCUT2D eigenvalue weighted by Gasteiger charge is 2.15. The summed E-state index contributed by atoms with van der Waals surface area (Å²) >= 11 is 0. The number of aromatic nitrogens is 2. The van der Waals surface area contributed by atoms with Crippen LogP contribution in [0.1, 0.15) is 31.5 Å². The van der Waals surface area contributed by atoms with Gasteiger partial charge in [-0.25, -0.2) is 4.98 Å². The summed E-state index contributed by atoms with van der Waals surface area (Å²) in [4.78, 5) is 7.27. The SMILES string of the molecule is OCCn1c(CN2CCCCCC2)nc2ccccc21. The van der Waals surface area contributed by atoms with Crippen molar-refractivity contribution in [3.63, 3.8) is 0 Å². The Hall–Kier alpha value is -1.39. The van der Waals surface area contributed by atoms with Gasteiger partial charge in [0.2, 0.25) is 0 Å². The number of benzene rings is 1. The van der Waals surface area contributed by atoms with Gasteiger partial charge in [0.05, 0.1) is 24.2 Å². The average molecular weight is 273 g/mol. The number of rotatable bonds is 4. The summed E-state index contributed by atoms with van der Waals surface area (Å²) in [5, 5.41) is 9.31. The number of nitrogens with zero attached hydrogens (tertiary/aromatic N) is 3. The van der Waals surface area contributed by atoms with Crippen molar-refractivity contribution in [1.82, 2.24) is 14.5 Å². The number of fused-ring (bicyclic) bond motifs is 1. The van der Waals surface area contributed by atoms with Crippen LogP contribution in [0.25, 0.3) is 11.0 Å². The lowest BCUT2D eigenvalue weighted by atomic mass is 10.2. The third-order valence-corrected chi connectivity index (χ3v) is 4.12. The first-order chi connectivity index (χ1) is 9.88. The predicted molar refractivity (Wildman–Crippen MR) is 80.6 cm³/mol. The Morgan fingerprint density at radius 3 is 2.55 bits per heavy atom. The van der Waals surface area contributed by atoms with Gasteiger partial charge >= 0.3 is 0 Å². The molecule has 1 aliphatic heterocycles. The monoisotopic (exact) mass is 273 g/mol. The highest BCUT2D eigenvalue weighted by Crippen LogP contribution is 2.19. The molecule has 0 bridgehead atoms. The molecule has 1 aromatic carbocycles. The van der Waals surface area contributed by atoms with Crippen LogP contribution >= 0.6 is 0 Å². The van der Waals surface area contributed by atoms with Crippen LogP contribution < -0.4 is 0 Å². The molecular weight excluding hydrogens is 250 g/mol. The van der Waals surface area contributed by atoms with Gasteiger partial charge in [-0.1, -0.05) is 25.0 Å². The predicted octanol–water partition coefficient (Wildman–Crippen LogP) is 2.40. The van der Waals surface area contributed by atoms with E-state index in [4.69, 9.17) is 4.98 Å². The first kappa shape index (κ1) is 13.6. The fourth-order valence-electron chi connectivity index (χ4n) is 3.09. The largest absolute Gasteiger partial charge is 0.395 e. The van der Waals surface area contributed by atoms with E-state index in [2.05, 4.69) is 21.6 Å². The van der Waals surface area contributed by atoms with E-state index in [9.17, 15) is 5.11 Å². The van der Waals surface area contributed by atoms with Crippen LogP contribution in [0.2, 0.25) is 0 Å². The summed E-state index contributed by atoms with van der Waals surface area (Å²) in [6.07, 6.45) is 5.29. The summed E-state index contributed by atoms with van der Waals surface area (Å²) in [7, 11) is 0. The first-order valence-corrected chi connectivity index (χ1v) is 7.66. The van der Waals surface area contributed by atoms with Gasteiger partial charge in [-0.15, -0.1) is 0 Å². The summed E-state index contributed by atoms with van der Waals surface area (Å²) in [5.41, 5.74) is 2.16. The zero-order valence-electron chi connectivity index (χ0n) is 12.0. The van der Waals surface area contributed by atoms with Gasteiger partial charge in [0.15, 0.2) is 0 Å². The maximum absolute atomic E-state index is 9.31. The highest BCUT2D eigenvalue weighted by molar-refractivity contribution is 5.75. The van der Waals surface area contributed by atoms with Crippen LogP contribution in [-0.2, 0) is 13.1 Å². The lowest BCUT2D eigenvalue weighted by molar-refractivity contribution is 0.252. The van der Waals surface area contributed by atoms with Crippen molar-refractivity contribution in [2.75, 3.05) is 19.7 Å². The Balaban J connectivity index is 1.87. The Morgan fingerprint density at radius 2 is 1.80 bits per heavy atom. The van der Waals surface area contributed by atoms with Crippen molar-refractivity contribution in [2.45, 2.75) is 38.8 Å². The van der Waals surface area contributed by atoms with Crippen molar-refractivity contribution in [2.24, 2.45) is 0 Å². The molecule has 0 unspecified atom stereocenters. The Kier molecular flexibility index (Phi) is 4.33. The maximum atomic E-state index is 9.31. The molecule has 108 valence electrons. The zero-order chi connectivity index (χ0) is 13.8. The topological polar surface area (TPSA) is 41.3 Å². The van der Waals surface area contributed by atoms with E-state index >= 15 is 0 Å². The van der Waals surface area contributed by atoms with Gasteiger partial charge in [0.1, 0.15) is 5.82 Å². The minimum Gasteiger partial charge on any atom is -0.395 e. The van der Waals surface area contributed by atoms with E-state index in [1.54, 1.807) is 0 Å². The van der Waals surface area contributed by atoms with E-state index in [0.29, 0.717) is 6.54 Å². The minimum atomic E-state index is 0.160. The molecule has 0 spiro atoms. The second kappa shape index (κ2) is 6.37. The summed E-state index contributed by atoms with van der Waals surface area (Å²) in [6, 6.07) is 8.20. The number of imidazole rings is 1. The third-order valence-electron chi connectivity index (χ3n) is 4.12. The van der Waals surface area contributed by atoms with E-state index in [1.165, 1.54) is 38.8 Å². The molecule has 0 aliphatic carbocycles. The lowest BCUT2D eigenvalue weighted by Gasteiger charge is -2.19. The van der Waals surface area contributed by atoms with Crippen molar-refractivity contribution < 1.29 is 5.11 Å². The number of aliphatic hydroxyl groups is 1. The Labute approximate surface area is 120 Å². The summed E-state index contributed by atoms with van der Waals surface area (Å²) in [6.45, 7) is 4.02. The molecule has 4 nitrogen and oxygen atoms in total. The molecule has 0 amide bonds. The number of likely N-dealkylation sites (tertiary alicyclic amines) is 1. The Morgan fingerprint density at radius 1 is 1.05 bits per heavy atom. The van der Waals surface area contributed by atoms with Gasteiger partial charge in [-0.2, -0.15) is 0 Å². The molecule has 2 aromatic rings. The van der Waals surface area contributed by atoms with Crippen LogP contribution in [0.4, 0.5) is 0 Å². The molecule has 4 heteroatoms. The number of para-hydroxylation sites is 2. The summed E-state index contributed by atoms with van der Waals surface area (Å²) < 4.78 is 2.17. The van der Waals surface area contributed by atoms with Crippen LogP contribution in [0.5, 0.6) is 0 Å². The minimum absolute atomic E-state index is 0.160. The molecule has 1 aromatic heterocycles. The normalized spacial score (nSPS) is 17.4. The van der Waals surface area contributed by atoms with Crippen LogP contribution in [0.15, 0.2) is 24.3 Å². The third kappa shape index (κ3) is 2.86. The molecule has 20 heavy (non-hydrogen) atoms. The van der Waals surface area contributed by atoms with Crippen LogP contribution in [0, 0.1) is 0 Å². The van der Waals surface area contributed by atoms with Crippen molar-refractivity contribution in [3.8, 4) is 0 Å². The number of hydrogen-bond acceptors (Lipinski definition) is 3. The van der Waals surface area contributed by atoms with Crippen molar-refractivity contribution >= 4 is 11.0 Å². The molecule has 1 saturated heterocycles. The fourth-order valence-corrected chi connectivity index (χ4v) is 3.09. The Bertz CT molecular complexity index is 556. The van der Waals surface area contributed by atoms with E-state index in [-0.39, 0.29) is 6.61 Å². The van der Waals surface area contributed by atoms with Crippen molar-refractivity contribution in [1.29, 1.82) is 0 Å². The number of hydrogen-bond donors (Lipinski definition) is 1. The van der Waals surface area contributed by atoms with Gasteiger partial charge in [-0.3, -0.25) is 4.90 Å². The molecule has 1 aliphatic rings. The molecule has 0 atom stereocenters. The van der Waals surface area contributed by atoms with Gasteiger partial charge in [-0.05, 0) is 38.1 Å². The molecule has 0 saturated carbocycles. The quantitative estimate of drug-likeness (QED) is 0.930.